The predicted octanol–water partition coefficient (Wildman–Crippen LogP) is 2.58. The molecule has 0 aliphatic carbocycles. The van der Waals surface area contributed by atoms with Crippen LogP contribution >= 0.6 is 0 Å². The summed E-state index contributed by atoms with van der Waals surface area (Å²) in [5.41, 5.74) is -0.193. The number of benzene rings is 1. The monoisotopic (exact) mass is 379 g/mol. The summed E-state index contributed by atoms with van der Waals surface area (Å²) in [6, 6.07) is 10.4. The number of ketones is 1. The molecule has 1 fully saturated rings. The van der Waals surface area contributed by atoms with Gasteiger partial charge in [-0.2, -0.15) is 0 Å². The van der Waals surface area contributed by atoms with E-state index in [1.54, 1.807) is 29.2 Å². The Bertz CT molecular complexity index is 878. The molecule has 3 heterocycles. The number of fused-ring (bicyclic) bond motifs is 1. The Kier molecular flexibility index (Phi) is 5.00. The molecule has 28 heavy (non-hydrogen) atoms. The van der Waals surface area contributed by atoms with Gasteiger partial charge in [-0.3, -0.25) is 24.4 Å². The van der Waals surface area contributed by atoms with Crippen molar-refractivity contribution < 1.29 is 14.7 Å². The summed E-state index contributed by atoms with van der Waals surface area (Å²) < 4.78 is 0. The molecule has 0 radical (unpaired) electrons. The molecule has 6 nitrogen and oxygen atoms in total. The SMILES string of the molecule is CC1CCN(CN2C(=O)C(O)(CC(=O)c3ccncc3)c3ccccc32)CC1. The highest BCUT2D eigenvalue weighted by atomic mass is 16.3. The van der Waals surface area contributed by atoms with Crippen molar-refractivity contribution >= 4 is 17.4 Å². The zero-order chi connectivity index (χ0) is 19.7. The second kappa shape index (κ2) is 7.45. The summed E-state index contributed by atoms with van der Waals surface area (Å²) in [7, 11) is 0. The van der Waals surface area contributed by atoms with Gasteiger partial charge in [0.25, 0.3) is 5.91 Å². The van der Waals surface area contributed by atoms with E-state index >= 15 is 0 Å². The largest absolute Gasteiger partial charge is 0.375 e. The number of pyridine rings is 1. The Labute approximate surface area is 164 Å². The van der Waals surface area contributed by atoms with Crippen molar-refractivity contribution in [2.24, 2.45) is 5.92 Å². The Morgan fingerprint density at radius 3 is 2.57 bits per heavy atom. The second-order valence-electron chi connectivity index (χ2n) is 7.89. The molecule has 1 atom stereocenters. The number of aliphatic hydroxyl groups is 1. The molecule has 1 N–H and O–H groups in total. The van der Waals surface area contributed by atoms with E-state index in [2.05, 4.69) is 16.8 Å². The molecule has 1 unspecified atom stereocenters. The third-order valence-electron chi connectivity index (χ3n) is 5.88. The molecule has 6 heteroatoms. The molecule has 0 spiro atoms. The van der Waals surface area contributed by atoms with Crippen LogP contribution in [0, 0.1) is 5.92 Å². The van der Waals surface area contributed by atoms with Crippen LogP contribution in [0.3, 0.4) is 0 Å². The molecular weight excluding hydrogens is 354 g/mol. The van der Waals surface area contributed by atoms with Crippen LogP contribution in [0.5, 0.6) is 0 Å². The third-order valence-corrected chi connectivity index (χ3v) is 5.88. The van der Waals surface area contributed by atoms with Crippen molar-refractivity contribution in [3.8, 4) is 0 Å². The first-order valence-corrected chi connectivity index (χ1v) is 9.78. The summed E-state index contributed by atoms with van der Waals surface area (Å²) >= 11 is 0. The maximum Gasteiger partial charge on any atom is 0.265 e. The molecule has 1 amide bonds. The molecule has 146 valence electrons. The van der Waals surface area contributed by atoms with E-state index < -0.39 is 11.5 Å². The maximum absolute atomic E-state index is 13.3. The zero-order valence-corrected chi connectivity index (χ0v) is 16.0. The van der Waals surface area contributed by atoms with Gasteiger partial charge in [-0.05, 0) is 37.0 Å². The molecule has 2 aromatic rings. The lowest BCUT2D eigenvalue weighted by atomic mass is 9.88. The van der Waals surface area contributed by atoms with Gasteiger partial charge in [0.05, 0.1) is 18.8 Å². The summed E-state index contributed by atoms with van der Waals surface area (Å²) in [6.45, 7) is 4.55. The Morgan fingerprint density at radius 2 is 1.86 bits per heavy atom. The van der Waals surface area contributed by atoms with Gasteiger partial charge in [0.2, 0.25) is 0 Å². The number of hydrogen-bond donors (Lipinski definition) is 1. The van der Waals surface area contributed by atoms with Crippen LogP contribution in [0.15, 0.2) is 48.8 Å². The van der Waals surface area contributed by atoms with E-state index in [1.807, 2.05) is 12.1 Å². The van der Waals surface area contributed by atoms with E-state index in [4.69, 9.17) is 0 Å². The number of rotatable bonds is 5. The Morgan fingerprint density at radius 1 is 1.18 bits per heavy atom. The minimum absolute atomic E-state index is 0.276. The standard InChI is InChI=1S/C22H25N3O3/c1-16-8-12-24(13-9-16)15-25-19-5-3-2-4-18(19)22(28,21(25)27)14-20(26)17-6-10-23-11-7-17/h2-7,10-11,16,28H,8-9,12-15H2,1H3. The highest BCUT2D eigenvalue weighted by Gasteiger charge is 2.51. The number of amides is 1. The summed E-state index contributed by atoms with van der Waals surface area (Å²) in [4.78, 5) is 33.8. The van der Waals surface area contributed by atoms with Gasteiger partial charge in [-0.15, -0.1) is 0 Å². The molecular formula is C22H25N3O3. The fraction of sp³-hybridized carbons (Fsp3) is 0.409. The van der Waals surface area contributed by atoms with Crippen molar-refractivity contribution in [2.45, 2.75) is 31.8 Å². The molecule has 0 bridgehead atoms. The molecule has 0 saturated carbocycles. The van der Waals surface area contributed by atoms with Crippen LogP contribution in [0.1, 0.15) is 42.1 Å². The Hall–Kier alpha value is -2.57. The van der Waals surface area contributed by atoms with Crippen molar-refractivity contribution in [3.05, 3.63) is 59.9 Å². The molecule has 2 aliphatic rings. The number of para-hydroxylation sites is 1. The average molecular weight is 379 g/mol. The maximum atomic E-state index is 13.3. The van der Waals surface area contributed by atoms with Crippen molar-refractivity contribution in [2.75, 3.05) is 24.7 Å². The lowest BCUT2D eigenvalue weighted by Crippen LogP contribution is -2.48. The smallest absolute Gasteiger partial charge is 0.265 e. The predicted molar refractivity (Wildman–Crippen MR) is 106 cm³/mol. The molecule has 2 aliphatic heterocycles. The number of carbonyl (C=O) groups is 2. The van der Waals surface area contributed by atoms with Gasteiger partial charge in [-0.1, -0.05) is 25.1 Å². The fourth-order valence-corrected chi connectivity index (χ4v) is 4.09. The number of aromatic nitrogens is 1. The van der Waals surface area contributed by atoms with Gasteiger partial charge < -0.3 is 5.11 Å². The van der Waals surface area contributed by atoms with E-state index in [0.717, 1.165) is 25.9 Å². The van der Waals surface area contributed by atoms with Gasteiger partial charge in [-0.25, -0.2) is 0 Å². The first kappa shape index (κ1) is 18.8. The molecule has 1 aromatic heterocycles. The van der Waals surface area contributed by atoms with E-state index in [1.165, 1.54) is 12.4 Å². The number of anilines is 1. The van der Waals surface area contributed by atoms with Crippen LogP contribution in [0.2, 0.25) is 0 Å². The number of nitrogens with zero attached hydrogens (tertiary/aromatic N) is 3. The van der Waals surface area contributed by atoms with Crippen molar-refractivity contribution in [1.82, 2.24) is 9.88 Å². The third kappa shape index (κ3) is 3.34. The van der Waals surface area contributed by atoms with E-state index in [0.29, 0.717) is 29.4 Å². The lowest BCUT2D eigenvalue weighted by Gasteiger charge is -2.34. The van der Waals surface area contributed by atoms with Gasteiger partial charge in [0.1, 0.15) is 0 Å². The zero-order valence-electron chi connectivity index (χ0n) is 16.0. The highest BCUT2D eigenvalue weighted by Crippen LogP contribution is 2.43. The normalized spacial score (nSPS) is 23.1. The number of likely N-dealkylation sites (tertiary alicyclic amines) is 1. The topological polar surface area (TPSA) is 73.7 Å². The Balaban J connectivity index is 1.60. The molecule has 4 rings (SSSR count). The van der Waals surface area contributed by atoms with Crippen molar-refractivity contribution in [3.63, 3.8) is 0 Å². The van der Waals surface area contributed by atoms with E-state index in [9.17, 15) is 14.7 Å². The first-order chi connectivity index (χ1) is 13.5. The minimum atomic E-state index is -1.83. The molecule has 1 aromatic carbocycles. The van der Waals surface area contributed by atoms with Gasteiger partial charge in [0, 0.05) is 36.6 Å². The second-order valence-corrected chi connectivity index (χ2v) is 7.89. The minimum Gasteiger partial charge on any atom is -0.375 e. The first-order valence-electron chi connectivity index (χ1n) is 9.78. The van der Waals surface area contributed by atoms with Crippen LogP contribution < -0.4 is 4.90 Å². The summed E-state index contributed by atoms with van der Waals surface area (Å²) in [5, 5.41) is 11.3. The fourth-order valence-electron chi connectivity index (χ4n) is 4.09. The van der Waals surface area contributed by atoms with Crippen LogP contribution in [0.25, 0.3) is 0 Å². The lowest BCUT2D eigenvalue weighted by molar-refractivity contribution is -0.136. The quantitative estimate of drug-likeness (QED) is 0.809. The average Bonchev–Trinajstić information content (AvgIpc) is 2.92. The van der Waals surface area contributed by atoms with E-state index in [-0.39, 0.29) is 12.2 Å². The number of carbonyl (C=O) groups excluding carboxylic acids is 2. The van der Waals surface area contributed by atoms with Crippen LogP contribution in [0.4, 0.5) is 5.69 Å². The van der Waals surface area contributed by atoms with Gasteiger partial charge >= 0.3 is 0 Å². The van der Waals surface area contributed by atoms with Crippen LogP contribution in [-0.4, -0.2) is 46.4 Å². The summed E-state index contributed by atoms with van der Waals surface area (Å²) in [6.07, 6.45) is 5.00. The highest BCUT2D eigenvalue weighted by molar-refractivity contribution is 6.10. The van der Waals surface area contributed by atoms with Crippen LogP contribution in [-0.2, 0) is 10.4 Å². The summed E-state index contributed by atoms with van der Waals surface area (Å²) in [5.74, 6) is 0.00385. The van der Waals surface area contributed by atoms with Crippen molar-refractivity contribution in [1.29, 1.82) is 0 Å². The van der Waals surface area contributed by atoms with Gasteiger partial charge in [0.15, 0.2) is 11.4 Å². The number of hydrogen-bond acceptors (Lipinski definition) is 5. The molecule has 1 saturated heterocycles. The number of piperidine rings is 1. The number of Topliss-reactive ketones (excluding diaryl/α,β-unsaturated/α-hetero) is 1.